The van der Waals surface area contributed by atoms with Gasteiger partial charge in [-0.3, -0.25) is 10.1 Å². The molecule has 0 fully saturated rings. The van der Waals surface area contributed by atoms with Gasteiger partial charge in [-0.2, -0.15) is 0 Å². The molecule has 0 aliphatic rings. The number of fused-ring (bicyclic) bond motifs is 1. The molecular weight excluding hydrogens is 388 g/mol. The Kier molecular flexibility index (Phi) is 4.72. The Morgan fingerprint density at radius 3 is 2.57 bits per heavy atom. The van der Waals surface area contributed by atoms with Crippen LogP contribution in [0.4, 0.5) is 27.7 Å². The van der Waals surface area contributed by atoms with Crippen LogP contribution >= 0.6 is 0 Å². The third kappa shape index (κ3) is 3.74. The number of nitrogens with two attached hydrogens (primary N) is 1. The van der Waals surface area contributed by atoms with Gasteiger partial charge in [0.1, 0.15) is 0 Å². The van der Waals surface area contributed by atoms with Crippen LogP contribution in [0.25, 0.3) is 22.2 Å². The summed E-state index contributed by atoms with van der Waals surface area (Å²) < 4.78 is 5.15. The van der Waals surface area contributed by atoms with E-state index in [9.17, 15) is 14.9 Å². The number of benzene rings is 2. The van der Waals surface area contributed by atoms with Crippen LogP contribution in [0.2, 0.25) is 0 Å². The van der Waals surface area contributed by atoms with Gasteiger partial charge in [0.15, 0.2) is 5.82 Å². The molecule has 10 nitrogen and oxygen atoms in total. The molecule has 4 aromatic rings. The Bertz CT molecular complexity index is 1270. The zero-order valence-electron chi connectivity index (χ0n) is 15.7. The molecule has 30 heavy (non-hydrogen) atoms. The van der Waals surface area contributed by atoms with Crippen molar-refractivity contribution in [2.24, 2.45) is 0 Å². The van der Waals surface area contributed by atoms with Gasteiger partial charge in [-0.1, -0.05) is 23.4 Å². The molecule has 4 rings (SSSR count). The molecule has 150 valence electrons. The summed E-state index contributed by atoms with van der Waals surface area (Å²) in [6.45, 7) is 1.84. The number of nitro benzene ring substituents is 1. The topological polar surface area (TPSA) is 149 Å². The Labute approximate surface area is 169 Å². The van der Waals surface area contributed by atoms with Crippen LogP contribution in [0.15, 0.2) is 59.1 Å². The normalized spacial score (nSPS) is 10.7. The first kappa shape index (κ1) is 18.9. The number of nitrogens with one attached hydrogen (secondary N) is 2. The molecule has 0 aliphatic carbocycles. The van der Waals surface area contributed by atoms with Crippen molar-refractivity contribution in [1.82, 2.24) is 10.1 Å². The van der Waals surface area contributed by atoms with Crippen molar-refractivity contribution in [3.8, 4) is 11.1 Å². The van der Waals surface area contributed by atoms with Crippen molar-refractivity contribution in [3.63, 3.8) is 0 Å². The van der Waals surface area contributed by atoms with E-state index in [2.05, 4.69) is 20.8 Å². The van der Waals surface area contributed by atoms with Gasteiger partial charge >= 0.3 is 6.03 Å². The molecular formula is C20H16N6O4. The summed E-state index contributed by atoms with van der Waals surface area (Å²) in [5.41, 5.74) is 9.46. The molecule has 0 radical (unpaired) electrons. The molecule has 4 N–H and O–H groups in total. The van der Waals surface area contributed by atoms with E-state index < -0.39 is 11.0 Å². The van der Waals surface area contributed by atoms with Crippen molar-refractivity contribution in [3.05, 3.63) is 70.4 Å². The molecule has 2 heterocycles. The number of carbonyl (C=O) groups excluding carboxylic acids is 1. The average Bonchev–Trinajstić information content (AvgIpc) is 3.08. The molecule has 0 spiro atoms. The lowest BCUT2D eigenvalue weighted by Crippen LogP contribution is -2.19. The standard InChI is InChI=1S/C20H16N6O4/c1-11-9-16(17-18(21)25-30-19(17)22-11)12-5-7-13(8-6-12)23-20(27)24-14-3-2-4-15(10-14)26(28)29/h2-10H,1H3,(H2,21,25)(H2,23,24,27). The lowest BCUT2D eigenvalue weighted by atomic mass is 10.0. The van der Waals surface area contributed by atoms with Gasteiger partial charge in [0.2, 0.25) is 0 Å². The van der Waals surface area contributed by atoms with Crippen LogP contribution in [-0.2, 0) is 0 Å². The van der Waals surface area contributed by atoms with Gasteiger partial charge in [-0.15, -0.1) is 0 Å². The highest BCUT2D eigenvalue weighted by Gasteiger charge is 2.14. The van der Waals surface area contributed by atoms with Crippen LogP contribution in [0, 0.1) is 17.0 Å². The zero-order valence-corrected chi connectivity index (χ0v) is 15.7. The number of nitrogen functional groups attached to an aromatic ring is 1. The van der Waals surface area contributed by atoms with Gasteiger partial charge in [-0.05, 0) is 36.8 Å². The van der Waals surface area contributed by atoms with Crippen molar-refractivity contribution in [1.29, 1.82) is 0 Å². The smallest absolute Gasteiger partial charge is 0.323 e. The second kappa shape index (κ2) is 7.51. The lowest BCUT2D eigenvalue weighted by molar-refractivity contribution is -0.384. The highest BCUT2D eigenvalue weighted by atomic mass is 16.6. The maximum atomic E-state index is 12.2. The predicted octanol–water partition coefficient (Wildman–Crippen LogP) is 4.33. The Morgan fingerprint density at radius 1 is 1.10 bits per heavy atom. The molecule has 0 atom stereocenters. The molecule has 2 amide bonds. The number of nitro groups is 1. The summed E-state index contributed by atoms with van der Waals surface area (Å²) in [6, 6.07) is 14.2. The lowest BCUT2D eigenvalue weighted by Gasteiger charge is -2.09. The van der Waals surface area contributed by atoms with E-state index in [1.165, 1.54) is 18.2 Å². The van der Waals surface area contributed by atoms with E-state index in [1.807, 2.05) is 25.1 Å². The minimum absolute atomic E-state index is 0.107. The first-order chi connectivity index (χ1) is 14.4. The molecule has 0 bridgehead atoms. The van der Waals surface area contributed by atoms with Crippen LogP contribution in [0.5, 0.6) is 0 Å². The summed E-state index contributed by atoms with van der Waals surface area (Å²) in [6.07, 6.45) is 0. The van der Waals surface area contributed by atoms with E-state index >= 15 is 0 Å². The number of hydrogen-bond donors (Lipinski definition) is 3. The van der Waals surface area contributed by atoms with E-state index in [0.29, 0.717) is 22.5 Å². The van der Waals surface area contributed by atoms with Crippen molar-refractivity contribution >= 4 is 40.0 Å². The number of nitrogens with zero attached hydrogens (tertiary/aromatic N) is 3. The van der Waals surface area contributed by atoms with Crippen LogP contribution < -0.4 is 16.4 Å². The number of anilines is 3. The molecule has 0 unspecified atom stereocenters. The van der Waals surface area contributed by atoms with E-state index in [0.717, 1.165) is 16.8 Å². The minimum atomic E-state index is -0.526. The minimum Gasteiger partial charge on any atom is -0.380 e. The van der Waals surface area contributed by atoms with E-state index in [-0.39, 0.29) is 11.5 Å². The van der Waals surface area contributed by atoms with Crippen LogP contribution in [-0.4, -0.2) is 21.1 Å². The number of carbonyl (C=O) groups is 1. The number of aromatic nitrogens is 2. The highest BCUT2D eigenvalue weighted by molar-refractivity contribution is 6.01. The maximum Gasteiger partial charge on any atom is 0.323 e. The highest BCUT2D eigenvalue weighted by Crippen LogP contribution is 2.32. The van der Waals surface area contributed by atoms with Crippen LogP contribution in [0.1, 0.15) is 5.69 Å². The third-order valence-electron chi connectivity index (χ3n) is 4.37. The van der Waals surface area contributed by atoms with Gasteiger partial charge in [-0.25, -0.2) is 9.78 Å². The number of hydrogen-bond acceptors (Lipinski definition) is 7. The van der Waals surface area contributed by atoms with Crippen molar-refractivity contribution in [2.75, 3.05) is 16.4 Å². The summed E-state index contributed by atoms with van der Waals surface area (Å²) in [4.78, 5) is 26.8. The second-order valence-corrected chi connectivity index (χ2v) is 6.52. The van der Waals surface area contributed by atoms with E-state index in [1.54, 1.807) is 18.2 Å². The largest absolute Gasteiger partial charge is 0.380 e. The molecule has 0 saturated carbocycles. The second-order valence-electron chi connectivity index (χ2n) is 6.52. The third-order valence-corrected chi connectivity index (χ3v) is 4.37. The maximum absolute atomic E-state index is 12.2. The fourth-order valence-electron chi connectivity index (χ4n) is 3.05. The van der Waals surface area contributed by atoms with Crippen molar-refractivity contribution < 1.29 is 14.2 Å². The van der Waals surface area contributed by atoms with Gasteiger partial charge in [0.25, 0.3) is 11.4 Å². The Morgan fingerprint density at radius 2 is 1.83 bits per heavy atom. The van der Waals surface area contributed by atoms with Gasteiger partial charge in [0, 0.05) is 34.8 Å². The van der Waals surface area contributed by atoms with Gasteiger partial charge < -0.3 is 20.9 Å². The summed E-state index contributed by atoms with van der Waals surface area (Å²) in [7, 11) is 0. The fraction of sp³-hybridized carbons (Fsp3) is 0.0500. The monoisotopic (exact) mass is 404 g/mol. The quantitative estimate of drug-likeness (QED) is 0.338. The number of non-ortho nitro benzene ring substituents is 1. The number of aryl methyl sites for hydroxylation is 1. The van der Waals surface area contributed by atoms with E-state index in [4.69, 9.17) is 10.3 Å². The van der Waals surface area contributed by atoms with Gasteiger partial charge in [0.05, 0.1) is 10.3 Å². The number of pyridine rings is 1. The number of urea groups is 1. The zero-order chi connectivity index (χ0) is 21.3. The predicted molar refractivity (Wildman–Crippen MR) is 112 cm³/mol. The summed E-state index contributed by atoms with van der Waals surface area (Å²) in [5.74, 6) is 0.256. The average molecular weight is 404 g/mol. The Hall–Kier alpha value is -4.47. The molecule has 0 aliphatic heterocycles. The van der Waals surface area contributed by atoms with Crippen molar-refractivity contribution in [2.45, 2.75) is 6.92 Å². The summed E-state index contributed by atoms with van der Waals surface area (Å²) in [5, 5.41) is 20.5. The Balaban J connectivity index is 1.52. The first-order valence-electron chi connectivity index (χ1n) is 8.86. The summed E-state index contributed by atoms with van der Waals surface area (Å²) >= 11 is 0. The number of amides is 2. The molecule has 2 aromatic carbocycles. The molecule has 10 heteroatoms. The first-order valence-corrected chi connectivity index (χ1v) is 8.86. The molecule has 0 saturated heterocycles. The molecule has 2 aromatic heterocycles. The fourth-order valence-corrected chi connectivity index (χ4v) is 3.05. The SMILES string of the molecule is Cc1cc(-c2ccc(NC(=O)Nc3cccc([N+](=O)[O-])c3)cc2)c2c(N)noc2n1. The van der Waals surface area contributed by atoms with Crippen LogP contribution in [0.3, 0.4) is 0 Å². The number of rotatable bonds is 4.